The molecule has 0 heterocycles. The van der Waals surface area contributed by atoms with E-state index in [9.17, 15) is 9.18 Å². The highest BCUT2D eigenvalue weighted by molar-refractivity contribution is 6.17. The van der Waals surface area contributed by atoms with Crippen molar-refractivity contribution in [1.29, 1.82) is 0 Å². The molecule has 2 aromatic carbocycles. The zero-order chi connectivity index (χ0) is 16.5. The lowest BCUT2D eigenvalue weighted by molar-refractivity contribution is 0.104. The van der Waals surface area contributed by atoms with Crippen LogP contribution in [0.25, 0.3) is 6.08 Å². The lowest BCUT2D eigenvalue weighted by atomic mass is 10.1. The largest absolute Gasteiger partial charge is 0.494 e. The number of ketones is 1. The van der Waals surface area contributed by atoms with Crippen molar-refractivity contribution >= 4 is 23.5 Å². The molecule has 0 aliphatic rings. The van der Waals surface area contributed by atoms with Crippen molar-refractivity contribution in [2.75, 3.05) is 12.5 Å². The Morgan fingerprint density at radius 1 is 1.04 bits per heavy atom. The molecule has 0 aliphatic heterocycles. The third-order valence-corrected chi connectivity index (χ3v) is 3.50. The van der Waals surface area contributed by atoms with Gasteiger partial charge in [-0.2, -0.15) is 0 Å². The second-order valence-electron chi connectivity index (χ2n) is 5.02. The maximum absolute atomic E-state index is 12.8. The smallest absolute Gasteiger partial charge is 0.185 e. The molecule has 0 bridgehead atoms. The van der Waals surface area contributed by atoms with Gasteiger partial charge in [0.1, 0.15) is 11.6 Å². The average Bonchev–Trinajstić information content (AvgIpc) is 2.58. The first-order valence-electron chi connectivity index (χ1n) is 7.46. The molecule has 0 atom stereocenters. The molecular weight excluding hydrogens is 315 g/mol. The molecule has 0 aliphatic carbocycles. The number of allylic oxidation sites excluding steroid dienone is 1. The topological polar surface area (TPSA) is 26.3 Å². The maximum atomic E-state index is 12.8. The number of carbonyl (C=O) groups is 1. The van der Waals surface area contributed by atoms with Crippen molar-refractivity contribution in [3.63, 3.8) is 0 Å². The van der Waals surface area contributed by atoms with Gasteiger partial charge in [0.05, 0.1) is 6.61 Å². The molecule has 2 nitrogen and oxygen atoms in total. The van der Waals surface area contributed by atoms with Crippen LogP contribution >= 0.6 is 11.6 Å². The third-order valence-electron chi connectivity index (χ3n) is 3.23. The average molecular weight is 333 g/mol. The zero-order valence-corrected chi connectivity index (χ0v) is 13.4. The molecule has 23 heavy (non-hydrogen) atoms. The summed E-state index contributed by atoms with van der Waals surface area (Å²) in [6.07, 6.45) is 5.07. The van der Waals surface area contributed by atoms with Crippen molar-refractivity contribution < 1.29 is 13.9 Å². The van der Waals surface area contributed by atoms with Crippen LogP contribution in [0.4, 0.5) is 4.39 Å². The van der Waals surface area contributed by atoms with E-state index < -0.39 is 0 Å². The number of hydrogen-bond donors (Lipinski definition) is 0. The Morgan fingerprint density at radius 3 is 2.39 bits per heavy atom. The second-order valence-corrected chi connectivity index (χ2v) is 5.40. The third kappa shape index (κ3) is 5.87. The van der Waals surface area contributed by atoms with Crippen LogP contribution in [0.2, 0.25) is 0 Å². The molecule has 0 amide bonds. The summed E-state index contributed by atoms with van der Waals surface area (Å²) in [5.74, 6) is 0.926. The molecule has 0 unspecified atom stereocenters. The van der Waals surface area contributed by atoms with Gasteiger partial charge >= 0.3 is 0 Å². The molecular formula is C19H18ClFO2. The molecule has 0 aromatic heterocycles. The zero-order valence-electron chi connectivity index (χ0n) is 12.7. The number of benzene rings is 2. The van der Waals surface area contributed by atoms with E-state index in [1.165, 1.54) is 30.3 Å². The van der Waals surface area contributed by atoms with E-state index in [1.54, 1.807) is 6.08 Å². The predicted octanol–water partition coefficient (Wildman–Crippen LogP) is 5.12. The summed E-state index contributed by atoms with van der Waals surface area (Å²) in [5, 5.41) is 0. The first kappa shape index (κ1) is 17.2. The number of rotatable bonds is 8. The fourth-order valence-electron chi connectivity index (χ4n) is 1.94. The monoisotopic (exact) mass is 332 g/mol. The first-order valence-corrected chi connectivity index (χ1v) is 7.99. The van der Waals surface area contributed by atoms with Gasteiger partial charge in [0, 0.05) is 11.4 Å². The summed E-state index contributed by atoms with van der Waals surface area (Å²) in [7, 11) is 0. The van der Waals surface area contributed by atoms with Crippen LogP contribution in [0.5, 0.6) is 5.75 Å². The predicted molar refractivity (Wildman–Crippen MR) is 91.7 cm³/mol. The summed E-state index contributed by atoms with van der Waals surface area (Å²) >= 11 is 5.61. The van der Waals surface area contributed by atoms with Crippen molar-refractivity contribution in [3.8, 4) is 5.75 Å². The van der Waals surface area contributed by atoms with E-state index in [-0.39, 0.29) is 11.6 Å². The van der Waals surface area contributed by atoms with Gasteiger partial charge in [-0.1, -0.05) is 18.2 Å². The number of carbonyl (C=O) groups excluding carboxylic acids is 1. The minimum Gasteiger partial charge on any atom is -0.494 e. The van der Waals surface area contributed by atoms with Crippen LogP contribution in [0.15, 0.2) is 54.6 Å². The van der Waals surface area contributed by atoms with Gasteiger partial charge < -0.3 is 4.74 Å². The van der Waals surface area contributed by atoms with Crippen molar-refractivity contribution in [2.24, 2.45) is 0 Å². The van der Waals surface area contributed by atoms with Crippen LogP contribution in [-0.2, 0) is 0 Å². The van der Waals surface area contributed by atoms with Gasteiger partial charge in [0.25, 0.3) is 0 Å². The van der Waals surface area contributed by atoms with E-state index in [4.69, 9.17) is 16.3 Å². The summed E-state index contributed by atoms with van der Waals surface area (Å²) in [6.45, 7) is 0.644. The Hall–Kier alpha value is -2.13. The highest BCUT2D eigenvalue weighted by atomic mass is 35.5. The van der Waals surface area contributed by atoms with Gasteiger partial charge in [-0.25, -0.2) is 4.39 Å². The van der Waals surface area contributed by atoms with Gasteiger partial charge in [-0.3, -0.25) is 4.79 Å². The molecule has 2 aromatic rings. The standard InChI is InChI=1S/C19H18ClFO2/c20-13-1-2-14-23-18-10-3-15(4-11-18)5-12-19(22)16-6-8-17(21)9-7-16/h3-12H,1-2,13-14H2. The van der Waals surface area contributed by atoms with Crippen LogP contribution in [-0.4, -0.2) is 18.3 Å². The van der Waals surface area contributed by atoms with E-state index in [2.05, 4.69) is 0 Å². The Bertz CT molecular complexity index is 648. The van der Waals surface area contributed by atoms with Crippen molar-refractivity contribution in [1.82, 2.24) is 0 Å². The molecule has 4 heteroatoms. The lowest BCUT2D eigenvalue weighted by Crippen LogP contribution is -1.97. The highest BCUT2D eigenvalue weighted by Gasteiger charge is 2.01. The number of halogens is 2. The quantitative estimate of drug-likeness (QED) is 0.290. The fraction of sp³-hybridized carbons (Fsp3) is 0.211. The molecule has 0 saturated carbocycles. The van der Waals surface area contributed by atoms with Crippen molar-refractivity contribution in [3.05, 3.63) is 71.6 Å². The molecule has 2 rings (SSSR count). The Balaban J connectivity index is 1.89. The van der Waals surface area contributed by atoms with Crippen LogP contribution < -0.4 is 4.74 Å². The summed E-state index contributed by atoms with van der Waals surface area (Å²) < 4.78 is 18.4. The van der Waals surface area contributed by atoms with Crippen molar-refractivity contribution in [2.45, 2.75) is 12.8 Å². The normalized spacial score (nSPS) is 10.9. The minimum atomic E-state index is -0.354. The molecule has 0 spiro atoms. The van der Waals surface area contributed by atoms with Gasteiger partial charge in [0.2, 0.25) is 0 Å². The molecule has 120 valence electrons. The molecule has 0 radical (unpaired) electrons. The summed E-state index contributed by atoms with van der Waals surface area (Å²) in [6, 6.07) is 13.0. The van der Waals surface area contributed by atoms with Gasteiger partial charge in [0.15, 0.2) is 5.78 Å². The Labute approximate surface area is 140 Å². The number of ether oxygens (including phenoxy) is 1. The Kier molecular flexibility index (Phi) is 6.82. The number of hydrogen-bond acceptors (Lipinski definition) is 2. The van der Waals surface area contributed by atoms with E-state index in [0.717, 1.165) is 24.2 Å². The molecule has 0 fully saturated rings. The molecule has 0 saturated heterocycles. The summed E-state index contributed by atoms with van der Waals surface area (Å²) in [4.78, 5) is 12.0. The van der Waals surface area contributed by atoms with Gasteiger partial charge in [-0.15, -0.1) is 11.6 Å². The molecule has 0 N–H and O–H groups in total. The van der Waals surface area contributed by atoms with E-state index in [0.29, 0.717) is 18.1 Å². The SMILES string of the molecule is O=C(C=Cc1ccc(OCCCCCl)cc1)c1ccc(F)cc1. The maximum Gasteiger partial charge on any atom is 0.185 e. The highest BCUT2D eigenvalue weighted by Crippen LogP contribution is 2.14. The number of unbranched alkanes of at least 4 members (excludes halogenated alkanes) is 1. The lowest BCUT2D eigenvalue weighted by Gasteiger charge is -2.05. The van der Waals surface area contributed by atoms with Crippen LogP contribution in [0.3, 0.4) is 0 Å². The number of alkyl halides is 1. The van der Waals surface area contributed by atoms with Gasteiger partial charge in [-0.05, 0) is 60.9 Å². The second kappa shape index (κ2) is 9.11. The van der Waals surface area contributed by atoms with E-state index >= 15 is 0 Å². The van der Waals surface area contributed by atoms with Crippen LogP contribution in [0, 0.1) is 5.82 Å². The first-order chi connectivity index (χ1) is 11.2. The van der Waals surface area contributed by atoms with E-state index in [1.807, 2.05) is 24.3 Å². The summed E-state index contributed by atoms with van der Waals surface area (Å²) in [5.41, 5.74) is 1.36. The fourth-order valence-corrected chi connectivity index (χ4v) is 2.13. The van der Waals surface area contributed by atoms with Crippen LogP contribution in [0.1, 0.15) is 28.8 Å². The Morgan fingerprint density at radius 2 is 1.74 bits per heavy atom. The minimum absolute atomic E-state index is 0.161.